The summed E-state index contributed by atoms with van der Waals surface area (Å²) < 4.78 is 2.23. The molecular formula is C20H22N2. The summed E-state index contributed by atoms with van der Waals surface area (Å²) in [7, 11) is 2.11. The average Bonchev–Trinajstić information content (AvgIpc) is 2.77. The monoisotopic (exact) mass is 290 g/mol. The third-order valence-corrected chi connectivity index (χ3v) is 4.34. The van der Waals surface area contributed by atoms with Crippen molar-refractivity contribution in [3.63, 3.8) is 0 Å². The molecule has 0 saturated heterocycles. The van der Waals surface area contributed by atoms with E-state index in [0.717, 1.165) is 5.69 Å². The standard InChI is InChI=1S/C20H22N2/c1-14(2)16-9-5-7-11-19(16)21-13-18-15(3)22(4)20-12-8-6-10-17(18)20/h5-14H,1-4H3. The van der Waals surface area contributed by atoms with Gasteiger partial charge in [-0.1, -0.05) is 50.2 Å². The van der Waals surface area contributed by atoms with E-state index in [-0.39, 0.29) is 0 Å². The van der Waals surface area contributed by atoms with E-state index in [0.29, 0.717) is 5.92 Å². The zero-order valence-corrected chi connectivity index (χ0v) is 13.7. The predicted octanol–water partition coefficient (Wildman–Crippen LogP) is 5.36. The molecule has 3 rings (SSSR count). The van der Waals surface area contributed by atoms with Crippen molar-refractivity contribution in [1.82, 2.24) is 4.57 Å². The Morgan fingerprint density at radius 3 is 2.45 bits per heavy atom. The van der Waals surface area contributed by atoms with Crippen molar-refractivity contribution in [2.75, 3.05) is 0 Å². The maximum atomic E-state index is 4.78. The molecule has 0 fully saturated rings. The molecule has 0 bridgehead atoms. The highest BCUT2D eigenvalue weighted by atomic mass is 14.9. The lowest BCUT2D eigenvalue weighted by atomic mass is 10.0. The SMILES string of the molecule is Cc1c(C=Nc2ccccc2C(C)C)c2ccccc2n1C. The lowest BCUT2D eigenvalue weighted by Crippen LogP contribution is -1.92. The number of aromatic nitrogens is 1. The summed E-state index contributed by atoms with van der Waals surface area (Å²) in [6.45, 7) is 6.56. The Bertz CT molecular complexity index is 838. The van der Waals surface area contributed by atoms with Gasteiger partial charge in [0.1, 0.15) is 0 Å². The first-order valence-electron chi connectivity index (χ1n) is 7.76. The second-order valence-corrected chi connectivity index (χ2v) is 6.05. The van der Waals surface area contributed by atoms with Crippen molar-refractivity contribution in [1.29, 1.82) is 0 Å². The summed E-state index contributed by atoms with van der Waals surface area (Å²) in [5.41, 5.74) is 6.05. The van der Waals surface area contributed by atoms with Crippen molar-refractivity contribution in [3.05, 3.63) is 65.4 Å². The van der Waals surface area contributed by atoms with E-state index in [4.69, 9.17) is 4.99 Å². The van der Waals surface area contributed by atoms with Crippen molar-refractivity contribution < 1.29 is 0 Å². The van der Waals surface area contributed by atoms with Gasteiger partial charge in [0.15, 0.2) is 0 Å². The molecule has 0 unspecified atom stereocenters. The third kappa shape index (κ3) is 2.45. The summed E-state index contributed by atoms with van der Waals surface area (Å²) in [6, 6.07) is 16.9. The van der Waals surface area contributed by atoms with Crippen LogP contribution in [0.4, 0.5) is 5.69 Å². The largest absolute Gasteiger partial charge is 0.347 e. The zero-order chi connectivity index (χ0) is 15.7. The third-order valence-electron chi connectivity index (χ3n) is 4.34. The highest BCUT2D eigenvalue weighted by Crippen LogP contribution is 2.28. The van der Waals surface area contributed by atoms with Gasteiger partial charge in [0, 0.05) is 35.4 Å². The number of aliphatic imine (C=N–C) groups is 1. The molecule has 0 atom stereocenters. The van der Waals surface area contributed by atoms with Gasteiger partial charge in [-0.15, -0.1) is 0 Å². The Morgan fingerprint density at radius 2 is 1.68 bits per heavy atom. The lowest BCUT2D eigenvalue weighted by molar-refractivity contribution is 0.867. The minimum atomic E-state index is 0.474. The van der Waals surface area contributed by atoms with Gasteiger partial charge >= 0.3 is 0 Å². The molecular weight excluding hydrogens is 268 g/mol. The molecule has 2 aromatic carbocycles. The van der Waals surface area contributed by atoms with E-state index < -0.39 is 0 Å². The minimum Gasteiger partial charge on any atom is -0.347 e. The number of nitrogens with zero attached hydrogens (tertiary/aromatic N) is 2. The zero-order valence-electron chi connectivity index (χ0n) is 13.7. The molecule has 0 spiro atoms. The molecule has 3 aromatic rings. The number of para-hydroxylation sites is 2. The molecule has 0 aliphatic heterocycles. The molecule has 0 saturated carbocycles. The lowest BCUT2D eigenvalue weighted by Gasteiger charge is -2.08. The van der Waals surface area contributed by atoms with Crippen LogP contribution in [0.15, 0.2) is 53.5 Å². The van der Waals surface area contributed by atoms with Crippen LogP contribution in [0.3, 0.4) is 0 Å². The van der Waals surface area contributed by atoms with Crippen LogP contribution < -0.4 is 0 Å². The fraction of sp³-hybridized carbons (Fsp3) is 0.250. The van der Waals surface area contributed by atoms with Crippen LogP contribution in [0.25, 0.3) is 10.9 Å². The predicted molar refractivity (Wildman–Crippen MR) is 95.4 cm³/mol. The smallest absolute Gasteiger partial charge is 0.0664 e. The highest BCUT2D eigenvalue weighted by Gasteiger charge is 2.10. The van der Waals surface area contributed by atoms with Gasteiger partial charge in [-0.3, -0.25) is 4.99 Å². The molecule has 1 aromatic heterocycles. The summed E-state index contributed by atoms with van der Waals surface area (Å²) in [5, 5.41) is 1.26. The number of fused-ring (bicyclic) bond motifs is 1. The van der Waals surface area contributed by atoms with E-state index in [1.165, 1.54) is 27.7 Å². The van der Waals surface area contributed by atoms with Gasteiger partial charge in [-0.25, -0.2) is 0 Å². The van der Waals surface area contributed by atoms with Crippen molar-refractivity contribution >= 4 is 22.8 Å². The van der Waals surface area contributed by atoms with Gasteiger partial charge in [-0.05, 0) is 30.5 Å². The van der Waals surface area contributed by atoms with Crippen LogP contribution in [0.2, 0.25) is 0 Å². The van der Waals surface area contributed by atoms with Crippen LogP contribution in [-0.4, -0.2) is 10.8 Å². The number of rotatable bonds is 3. The molecule has 2 nitrogen and oxygen atoms in total. The first kappa shape index (κ1) is 14.6. The maximum absolute atomic E-state index is 4.78. The van der Waals surface area contributed by atoms with E-state index in [1.54, 1.807) is 0 Å². The Balaban J connectivity index is 2.10. The molecule has 0 aliphatic rings. The Hall–Kier alpha value is -2.35. The first-order chi connectivity index (χ1) is 10.6. The second-order valence-electron chi connectivity index (χ2n) is 6.05. The van der Waals surface area contributed by atoms with Crippen LogP contribution >= 0.6 is 0 Å². The maximum Gasteiger partial charge on any atom is 0.0664 e. The molecule has 0 amide bonds. The van der Waals surface area contributed by atoms with Crippen molar-refractivity contribution in [3.8, 4) is 0 Å². The number of hydrogen-bond acceptors (Lipinski definition) is 1. The van der Waals surface area contributed by atoms with Crippen LogP contribution in [0.1, 0.15) is 36.6 Å². The molecule has 1 heterocycles. The highest BCUT2D eigenvalue weighted by molar-refractivity contribution is 6.01. The van der Waals surface area contributed by atoms with Gasteiger partial charge in [0.05, 0.1) is 5.69 Å². The molecule has 0 N–H and O–H groups in total. The molecule has 2 heteroatoms. The van der Waals surface area contributed by atoms with Crippen LogP contribution in [0.5, 0.6) is 0 Å². The van der Waals surface area contributed by atoms with Gasteiger partial charge < -0.3 is 4.57 Å². The number of hydrogen-bond donors (Lipinski definition) is 0. The summed E-state index contributed by atoms with van der Waals surface area (Å²) in [5.74, 6) is 0.474. The Morgan fingerprint density at radius 1 is 1.00 bits per heavy atom. The van der Waals surface area contributed by atoms with Gasteiger partial charge in [-0.2, -0.15) is 0 Å². The number of benzene rings is 2. The van der Waals surface area contributed by atoms with E-state index in [2.05, 4.69) is 80.9 Å². The van der Waals surface area contributed by atoms with Crippen LogP contribution in [-0.2, 0) is 7.05 Å². The molecule has 0 aliphatic carbocycles. The van der Waals surface area contributed by atoms with Gasteiger partial charge in [0.25, 0.3) is 0 Å². The fourth-order valence-corrected chi connectivity index (χ4v) is 2.94. The normalized spacial score (nSPS) is 11.9. The summed E-state index contributed by atoms with van der Waals surface area (Å²) >= 11 is 0. The molecule has 112 valence electrons. The second kappa shape index (κ2) is 5.80. The summed E-state index contributed by atoms with van der Waals surface area (Å²) in [6.07, 6.45) is 2.01. The summed E-state index contributed by atoms with van der Waals surface area (Å²) in [4.78, 5) is 4.78. The van der Waals surface area contributed by atoms with Crippen molar-refractivity contribution in [2.24, 2.45) is 12.0 Å². The topological polar surface area (TPSA) is 17.3 Å². The first-order valence-corrected chi connectivity index (χ1v) is 7.76. The quantitative estimate of drug-likeness (QED) is 0.578. The average molecular weight is 290 g/mol. The molecule has 22 heavy (non-hydrogen) atoms. The van der Waals surface area contributed by atoms with Crippen molar-refractivity contribution in [2.45, 2.75) is 26.7 Å². The van der Waals surface area contributed by atoms with Crippen LogP contribution in [0, 0.1) is 6.92 Å². The minimum absolute atomic E-state index is 0.474. The van der Waals surface area contributed by atoms with E-state index in [9.17, 15) is 0 Å². The number of aryl methyl sites for hydroxylation is 1. The molecule has 0 radical (unpaired) electrons. The fourth-order valence-electron chi connectivity index (χ4n) is 2.94. The Kier molecular flexibility index (Phi) is 3.84. The van der Waals surface area contributed by atoms with Gasteiger partial charge in [0.2, 0.25) is 0 Å². The van der Waals surface area contributed by atoms with E-state index >= 15 is 0 Å². The van der Waals surface area contributed by atoms with E-state index in [1.807, 2.05) is 6.21 Å². The Labute approximate surface area is 132 Å².